The average Bonchev–Trinajstić information content (AvgIpc) is 2.08. The standard InChI is InChI=1S/C7H4ClF3IN/c8-2-3-1-4(9)13-6(5(3)12)7(10)11/h1,7H,2H2. The lowest BCUT2D eigenvalue weighted by atomic mass is 10.2. The summed E-state index contributed by atoms with van der Waals surface area (Å²) in [6.07, 6.45) is -2.77. The molecule has 1 aromatic rings. The van der Waals surface area contributed by atoms with E-state index in [-0.39, 0.29) is 9.45 Å². The van der Waals surface area contributed by atoms with Crippen molar-refractivity contribution in [2.45, 2.75) is 12.3 Å². The molecular weight excluding hydrogens is 317 g/mol. The normalized spacial score (nSPS) is 10.9. The molecule has 0 unspecified atom stereocenters. The van der Waals surface area contributed by atoms with Crippen molar-refractivity contribution in [3.8, 4) is 0 Å². The molecule has 0 radical (unpaired) electrons. The number of rotatable bonds is 2. The van der Waals surface area contributed by atoms with Gasteiger partial charge in [0.2, 0.25) is 5.95 Å². The van der Waals surface area contributed by atoms with Gasteiger partial charge in [-0.1, -0.05) is 0 Å². The van der Waals surface area contributed by atoms with Crippen LogP contribution >= 0.6 is 34.2 Å². The van der Waals surface area contributed by atoms with Gasteiger partial charge in [-0.15, -0.1) is 11.6 Å². The Morgan fingerprint density at radius 2 is 2.15 bits per heavy atom. The summed E-state index contributed by atoms with van der Waals surface area (Å²) in [6.45, 7) is 0. The Morgan fingerprint density at radius 1 is 1.54 bits per heavy atom. The molecule has 0 atom stereocenters. The first-order valence-corrected chi connectivity index (χ1v) is 4.86. The van der Waals surface area contributed by atoms with Gasteiger partial charge in [-0.2, -0.15) is 4.39 Å². The highest BCUT2D eigenvalue weighted by atomic mass is 127. The molecule has 0 N–H and O–H groups in total. The first-order valence-electron chi connectivity index (χ1n) is 3.25. The zero-order valence-corrected chi connectivity index (χ0v) is 9.11. The highest BCUT2D eigenvalue weighted by Crippen LogP contribution is 2.26. The molecule has 72 valence electrons. The third kappa shape index (κ3) is 2.46. The van der Waals surface area contributed by atoms with Crippen molar-refractivity contribution in [2.24, 2.45) is 0 Å². The van der Waals surface area contributed by atoms with Gasteiger partial charge >= 0.3 is 0 Å². The molecule has 1 nitrogen and oxygen atoms in total. The zero-order valence-electron chi connectivity index (χ0n) is 6.20. The molecule has 0 amide bonds. The van der Waals surface area contributed by atoms with Crippen molar-refractivity contribution >= 4 is 34.2 Å². The second-order valence-corrected chi connectivity index (χ2v) is 3.58. The molecular formula is C7H4ClF3IN. The molecule has 1 heterocycles. The summed E-state index contributed by atoms with van der Waals surface area (Å²) in [5.74, 6) is -0.927. The van der Waals surface area contributed by atoms with E-state index in [0.29, 0.717) is 5.56 Å². The van der Waals surface area contributed by atoms with E-state index in [9.17, 15) is 13.2 Å². The summed E-state index contributed by atoms with van der Waals surface area (Å²) in [4.78, 5) is 3.10. The molecule has 0 spiro atoms. The van der Waals surface area contributed by atoms with Crippen molar-refractivity contribution in [2.75, 3.05) is 0 Å². The van der Waals surface area contributed by atoms with Crippen molar-refractivity contribution in [1.29, 1.82) is 0 Å². The Balaban J connectivity index is 3.27. The van der Waals surface area contributed by atoms with Crippen LogP contribution in [0.3, 0.4) is 0 Å². The molecule has 6 heteroatoms. The molecule has 0 aromatic carbocycles. The third-order valence-electron chi connectivity index (χ3n) is 1.38. The summed E-state index contributed by atoms with van der Waals surface area (Å²) < 4.78 is 37.4. The minimum absolute atomic E-state index is 0.00255. The number of aromatic nitrogens is 1. The second-order valence-electron chi connectivity index (χ2n) is 2.24. The van der Waals surface area contributed by atoms with Crippen molar-refractivity contribution in [3.05, 3.63) is 26.8 Å². The molecule has 0 aliphatic rings. The molecule has 0 aliphatic heterocycles. The van der Waals surface area contributed by atoms with E-state index in [4.69, 9.17) is 11.6 Å². The lowest BCUT2D eigenvalue weighted by Crippen LogP contribution is -2.01. The van der Waals surface area contributed by atoms with E-state index in [2.05, 4.69) is 4.98 Å². The van der Waals surface area contributed by atoms with E-state index in [1.54, 1.807) is 22.6 Å². The maximum absolute atomic E-state index is 12.6. The Labute approximate surface area is 91.4 Å². The smallest absolute Gasteiger partial charge is 0.218 e. The Morgan fingerprint density at radius 3 is 2.62 bits per heavy atom. The number of alkyl halides is 3. The van der Waals surface area contributed by atoms with Gasteiger partial charge in [0.25, 0.3) is 6.43 Å². The van der Waals surface area contributed by atoms with Crippen molar-refractivity contribution < 1.29 is 13.2 Å². The second kappa shape index (κ2) is 4.45. The molecule has 0 aliphatic carbocycles. The SMILES string of the molecule is Fc1cc(CCl)c(I)c(C(F)F)n1. The van der Waals surface area contributed by atoms with E-state index in [1.165, 1.54) is 0 Å². The Hall–Kier alpha value is -0.0400. The molecule has 1 aromatic heterocycles. The van der Waals surface area contributed by atoms with E-state index in [0.717, 1.165) is 6.07 Å². The van der Waals surface area contributed by atoms with Crippen LogP contribution in [-0.4, -0.2) is 4.98 Å². The van der Waals surface area contributed by atoms with Gasteiger partial charge in [-0.3, -0.25) is 0 Å². The van der Waals surface area contributed by atoms with Crippen LogP contribution in [0.25, 0.3) is 0 Å². The summed E-state index contributed by atoms with van der Waals surface area (Å²) in [7, 11) is 0. The lowest BCUT2D eigenvalue weighted by molar-refractivity contribution is 0.143. The summed E-state index contributed by atoms with van der Waals surface area (Å²) in [5.41, 5.74) is -0.207. The van der Waals surface area contributed by atoms with Gasteiger partial charge in [0.1, 0.15) is 5.69 Å². The fourth-order valence-corrected chi connectivity index (χ4v) is 1.95. The van der Waals surface area contributed by atoms with Crippen LogP contribution in [0.1, 0.15) is 17.7 Å². The molecule has 0 fully saturated rings. The number of pyridine rings is 1. The van der Waals surface area contributed by atoms with E-state index >= 15 is 0 Å². The molecule has 13 heavy (non-hydrogen) atoms. The maximum Gasteiger partial charge on any atom is 0.281 e. The summed E-state index contributed by atoms with van der Waals surface area (Å²) >= 11 is 7.12. The number of hydrogen-bond acceptors (Lipinski definition) is 1. The van der Waals surface area contributed by atoms with Crippen LogP contribution in [0, 0.1) is 9.52 Å². The lowest BCUT2D eigenvalue weighted by Gasteiger charge is -2.06. The predicted molar refractivity (Wildman–Crippen MR) is 51.4 cm³/mol. The minimum Gasteiger partial charge on any atom is -0.218 e. The molecule has 1 rings (SSSR count). The van der Waals surface area contributed by atoms with Gasteiger partial charge < -0.3 is 0 Å². The maximum atomic E-state index is 12.6. The zero-order chi connectivity index (χ0) is 10.0. The fraction of sp³-hybridized carbons (Fsp3) is 0.286. The minimum atomic E-state index is -2.77. The fourth-order valence-electron chi connectivity index (χ4n) is 0.810. The van der Waals surface area contributed by atoms with Gasteiger partial charge in [-0.05, 0) is 34.2 Å². The predicted octanol–water partition coefficient (Wildman–Crippen LogP) is 3.50. The number of hydrogen-bond donors (Lipinski definition) is 0. The monoisotopic (exact) mass is 321 g/mol. The topological polar surface area (TPSA) is 12.9 Å². The van der Waals surface area contributed by atoms with Crippen molar-refractivity contribution in [1.82, 2.24) is 4.98 Å². The van der Waals surface area contributed by atoms with E-state index < -0.39 is 18.1 Å². The third-order valence-corrected chi connectivity index (χ3v) is 2.91. The van der Waals surface area contributed by atoms with Crippen LogP contribution < -0.4 is 0 Å². The molecule has 0 saturated heterocycles. The highest BCUT2D eigenvalue weighted by molar-refractivity contribution is 14.1. The summed E-state index contributed by atoms with van der Waals surface area (Å²) in [5, 5.41) is 0. The van der Waals surface area contributed by atoms with Gasteiger partial charge in [0.15, 0.2) is 0 Å². The van der Waals surface area contributed by atoms with Crippen molar-refractivity contribution in [3.63, 3.8) is 0 Å². The Bertz CT molecular complexity index is 319. The Kier molecular flexibility index (Phi) is 3.78. The van der Waals surface area contributed by atoms with Gasteiger partial charge in [0, 0.05) is 9.45 Å². The molecule has 0 bridgehead atoms. The first kappa shape index (κ1) is 11.0. The van der Waals surface area contributed by atoms with Crippen LogP contribution in [-0.2, 0) is 5.88 Å². The quantitative estimate of drug-likeness (QED) is 0.461. The van der Waals surface area contributed by atoms with Crippen LogP contribution in [0.2, 0.25) is 0 Å². The first-order chi connectivity index (χ1) is 6.06. The number of halogens is 5. The van der Waals surface area contributed by atoms with Crippen LogP contribution in [0.15, 0.2) is 6.07 Å². The largest absolute Gasteiger partial charge is 0.281 e. The van der Waals surface area contributed by atoms with Gasteiger partial charge in [-0.25, -0.2) is 13.8 Å². The van der Waals surface area contributed by atoms with E-state index in [1.807, 2.05) is 0 Å². The highest BCUT2D eigenvalue weighted by Gasteiger charge is 2.17. The molecule has 0 saturated carbocycles. The number of nitrogens with zero attached hydrogens (tertiary/aromatic N) is 1. The average molecular weight is 321 g/mol. The summed E-state index contributed by atoms with van der Waals surface area (Å²) in [6, 6.07) is 1.06. The van der Waals surface area contributed by atoms with Gasteiger partial charge in [0.05, 0.1) is 0 Å². The van der Waals surface area contributed by atoms with Crippen LogP contribution in [0.5, 0.6) is 0 Å². The van der Waals surface area contributed by atoms with Crippen LogP contribution in [0.4, 0.5) is 13.2 Å².